The molecular weight excluding hydrogens is 230 g/mol. The van der Waals surface area contributed by atoms with Crippen molar-refractivity contribution in [2.45, 2.75) is 11.0 Å². The average molecular weight is 244 g/mol. The Kier molecular flexibility index (Phi) is 8.58. The first kappa shape index (κ1) is 14.5. The number of likely N-dealkylation sites (N-methyl/N-ethyl adjacent to an activating group) is 2. The molecule has 0 aliphatic carbocycles. The third-order valence-electron chi connectivity index (χ3n) is 1.21. The van der Waals surface area contributed by atoms with Gasteiger partial charge in [-0.1, -0.05) is 0 Å². The van der Waals surface area contributed by atoms with Crippen LogP contribution in [0.1, 0.15) is 0 Å². The molecule has 0 rings (SSSR count). The molecule has 0 saturated carbocycles. The van der Waals surface area contributed by atoms with Crippen molar-refractivity contribution >= 4 is 23.2 Å². The second-order valence-corrected chi connectivity index (χ2v) is 3.57. The summed E-state index contributed by atoms with van der Waals surface area (Å²) in [7, 11) is 7.60. The van der Waals surface area contributed by atoms with Crippen LogP contribution in [-0.4, -0.2) is 49.0 Å². The average Bonchev–Trinajstić information content (AvgIpc) is 1.84. The van der Waals surface area contributed by atoms with Crippen molar-refractivity contribution in [1.82, 2.24) is 9.80 Å². The van der Waals surface area contributed by atoms with Crippen molar-refractivity contribution in [3.63, 3.8) is 0 Å². The number of hydrogen-bond donors (Lipinski definition) is 0. The number of alkyl halides is 2. The van der Waals surface area contributed by atoms with Gasteiger partial charge in [-0.2, -0.15) is 0 Å². The molecule has 0 spiro atoms. The predicted molar refractivity (Wildman–Crippen MR) is 46.7 cm³/mol. The first-order valence-corrected chi connectivity index (χ1v) is 3.95. The van der Waals surface area contributed by atoms with Gasteiger partial charge in [-0.25, -0.2) is 0 Å². The smallest absolute Gasteiger partial charge is 0.291 e. The molecule has 5 heteroatoms. The van der Waals surface area contributed by atoms with Crippen LogP contribution < -0.4 is 0 Å². The molecule has 0 fully saturated rings. The van der Waals surface area contributed by atoms with Gasteiger partial charge in [0.25, 0.3) is 0 Å². The Morgan fingerprint density at radius 1 is 0.818 bits per heavy atom. The SMILES string of the molecule is CN(C)C(Cl)C(Cl)N(C)C.[Ni+2]. The Labute approximate surface area is 88.7 Å². The Balaban J connectivity index is 0. The van der Waals surface area contributed by atoms with Gasteiger partial charge < -0.3 is 0 Å². The minimum absolute atomic E-state index is 0. The van der Waals surface area contributed by atoms with Gasteiger partial charge in [0.05, 0.1) is 0 Å². The summed E-state index contributed by atoms with van der Waals surface area (Å²) in [5.41, 5.74) is -0.284. The fourth-order valence-corrected chi connectivity index (χ4v) is 0.943. The predicted octanol–water partition coefficient (Wildman–Crippen LogP) is 1.24. The molecule has 2 atom stereocenters. The zero-order valence-electron chi connectivity index (χ0n) is 7.12. The quantitative estimate of drug-likeness (QED) is 0.418. The zero-order valence-corrected chi connectivity index (χ0v) is 9.62. The molecule has 0 aliphatic heterocycles. The minimum atomic E-state index is -0.142. The minimum Gasteiger partial charge on any atom is -0.291 e. The number of hydrogen-bond acceptors (Lipinski definition) is 2. The van der Waals surface area contributed by atoms with Crippen molar-refractivity contribution in [2.75, 3.05) is 28.2 Å². The van der Waals surface area contributed by atoms with E-state index in [4.69, 9.17) is 23.2 Å². The van der Waals surface area contributed by atoms with Crippen LogP contribution in [-0.2, 0) is 16.5 Å². The third kappa shape index (κ3) is 5.27. The maximum absolute atomic E-state index is 5.91. The van der Waals surface area contributed by atoms with Gasteiger partial charge in [0, 0.05) is 0 Å². The van der Waals surface area contributed by atoms with Crippen LogP contribution in [0.25, 0.3) is 0 Å². The summed E-state index contributed by atoms with van der Waals surface area (Å²) in [5.74, 6) is 0. The number of nitrogens with zero attached hydrogens (tertiary/aromatic N) is 2. The largest absolute Gasteiger partial charge is 2.00 e. The standard InChI is InChI=1S/C6H14Cl2N2.Ni/c1-9(2)5(7)6(8)10(3)4;/h5-6H,1-4H3;/q;+2. The molecule has 0 N–H and O–H groups in total. The molecule has 0 aromatic rings. The van der Waals surface area contributed by atoms with Crippen molar-refractivity contribution in [3.05, 3.63) is 0 Å². The fraction of sp³-hybridized carbons (Fsp3) is 1.00. The second kappa shape index (κ2) is 6.50. The van der Waals surface area contributed by atoms with E-state index in [2.05, 4.69) is 0 Å². The molecule has 2 nitrogen and oxygen atoms in total. The fourth-order valence-electron chi connectivity index (χ4n) is 0.492. The second-order valence-electron chi connectivity index (χ2n) is 2.67. The van der Waals surface area contributed by atoms with Crippen molar-refractivity contribution in [2.24, 2.45) is 0 Å². The summed E-state index contributed by atoms with van der Waals surface area (Å²) in [5, 5.41) is 0. The molecule has 0 aromatic heterocycles. The van der Waals surface area contributed by atoms with Crippen LogP contribution in [0.3, 0.4) is 0 Å². The summed E-state index contributed by atoms with van der Waals surface area (Å²) in [6.45, 7) is 0. The molecule has 0 bridgehead atoms. The Bertz CT molecular complexity index is 88.6. The Morgan fingerprint density at radius 2 is 1.00 bits per heavy atom. The molecule has 11 heavy (non-hydrogen) atoms. The molecule has 70 valence electrons. The number of halogens is 2. The Morgan fingerprint density at radius 3 is 1.09 bits per heavy atom. The summed E-state index contributed by atoms with van der Waals surface area (Å²) >= 11 is 11.8. The Hall–Kier alpha value is 0.994. The molecule has 0 aromatic carbocycles. The molecule has 0 aliphatic rings. The van der Waals surface area contributed by atoms with Crippen molar-refractivity contribution < 1.29 is 16.5 Å². The topological polar surface area (TPSA) is 6.48 Å². The maximum Gasteiger partial charge on any atom is 2.00 e. The van der Waals surface area contributed by atoms with E-state index in [1.54, 1.807) is 0 Å². The van der Waals surface area contributed by atoms with Crippen LogP contribution in [0.15, 0.2) is 0 Å². The van der Waals surface area contributed by atoms with E-state index < -0.39 is 0 Å². The summed E-state index contributed by atoms with van der Waals surface area (Å²) in [6, 6.07) is 0. The van der Waals surface area contributed by atoms with Crippen LogP contribution in [0.2, 0.25) is 0 Å². The van der Waals surface area contributed by atoms with Gasteiger partial charge in [-0.05, 0) is 28.2 Å². The van der Waals surface area contributed by atoms with Gasteiger partial charge in [0.2, 0.25) is 0 Å². The summed E-state index contributed by atoms with van der Waals surface area (Å²) in [4.78, 5) is 3.75. The molecule has 0 saturated heterocycles. The van der Waals surface area contributed by atoms with Crippen LogP contribution >= 0.6 is 23.2 Å². The molecule has 0 heterocycles. The summed E-state index contributed by atoms with van der Waals surface area (Å²) in [6.07, 6.45) is 0. The monoisotopic (exact) mass is 242 g/mol. The molecule has 0 radical (unpaired) electrons. The normalized spacial score (nSPS) is 16.4. The van der Waals surface area contributed by atoms with Gasteiger partial charge >= 0.3 is 16.5 Å². The first-order chi connectivity index (χ1) is 4.46. The van der Waals surface area contributed by atoms with Gasteiger partial charge in [0.1, 0.15) is 11.0 Å². The van der Waals surface area contributed by atoms with Crippen molar-refractivity contribution in [1.29, 1.82) is 0 Å². The summed E-state index contributed by atoms with van der Waals surface area (Å²) < 4.78 is 0. The van der Waals surface area contributed by atoms with Crippen LogP contribution in [0, 0.1) is 0 Å². The van der Waals surface area contributed by atoms with E-state index in [1.165, 1.54) is 0 Å². The first-order valence-electron chi connectivity index (χ1n) is 3.08. The molecule has 2 unspecified atom stereocenters. The van der Waals surface area contributed by atoms with Gasteiger partial charge in [-0.3, -0.25) is 9.80 Å². The zero-order chi connectivity index (χ0) is 8.31. The molecular formula is C6H14Cl2N2Ni+2. The van der Waals surface area contributed by atoms with E-state index in [0.29, 0.717) is 0 Å². The maximum atomic E-state index is 5.91. The van der Waals surface area contributed by atoms with Gasteiger partial charge in [0.15, 0.2) is 0 Å². The van der Waals surface area contributed by atoms with Gasteiger partial charge in [-0.15, -0.1) is 23.2 Å². The van der Waals surface area contributed by atoms with Crippen molar-refractivity contribution in [3.8, 4) is 0 Å². The van der Waals surface area contributed by atoms with E-state index in [1.807, 2.05) is 38.0 Å². The van der Waals surface area contributed by atoms with E-state index in [-0.39, 0.29) is 27.5 Å². The van der Waals surface area contributed by atoms with Crippen LogP contribution in [0.5, 0.6) is 0 Å². The van der Waals surface area contributed by atoms with E-state index >= 15 is 0 Å². The van der Waals surface area contributed by atoms with E-state index in [0.717, 1.165) is 0 Å². The third-order valence-corrected chi connectivity index (χ3v) is 2.60. The number of rotatable bonds is 3. The molecule has 0 amide bonds. The van der Waals surface area contributed by atoms with Crippen LogP contribution in [0.4, 0.5) is 0 Å². The van der Waals surface area contributed by atoms with E-state index in [9.17, 15) is 0 Å².